The molecular weight excluding hydrogens is 733 g/mol. The number of rotatable bonds is 5. The third-order valence-corrected chi connectivity index (χ3v) is 10.6. The molecule has 1 fully saturated rings. The molecule has 44 heavy (non-hydrogen) atoms. The van der Waals surface area contributed by atoms with Gasteiger partial charge in [-0.2, -0.15) is 0 Å². The van der Waals surface area contributed by atoms with Crippen LogP contribution in [0.15, 0.2) is 95.7 Å². The van der Waals surface area contributed by atoms with E-state index in [1.54, 1.807) is 0 Å². The summed E-state index contributed by atoms with van der Waals surface area (Å²) < 4.78 is 6.39. The molecule has 0 atom stereocenters. The predicted octanol–water partition coefficient (Wildman–Crippen LogP) is 10.3. The minimum atomic E-state index is -1.55. The first-order valence-electron chi connectivity index (χ1n) is 15.6. The van der Waals surface area contributed by atoms with Crippen LogP contribution in [0.5, 0.6) is 0 Å². The normalized spacial score (nSPS) is 13.6. The zero-order chi connectivity index (χ0) is 30.0. The standard InChI is InChI=1S/C25H26NOSi.C14H14N.Ir/c1-28(2,3)23-13-12-19(25-24(23)20-10-6-7-11-22(20)27-25)21-16-18(14-15-26-21)17-8-4-5-9-17;1-11(2)13-8-9-14(15-10-13)12-6-4-3-5-7-12;/h6-7,10-11,13-17H,4-5,8-9H2,1-3H3;3-6,8-11H,1-2H3;/q2*-1;. The van der Waals surface area contributed by atoms with Crippen LogP contribution in [-0.4, -0.2) is 18.0 Å². The van der Waals surface area contributed by atoms with Gasteiger partial charge in [-0.05, 0) is 53.8 Å². The van der Waals surface area contributed by atoms with E-state index in [4.69, 9.17) is 9.40 Å². The van der Waals surface area contributed by atoms with Crippen LogP contribution < -0.4 is 5.19 Å². The van der Waals surface area contributed by atoms with E-state index in [9.17, 15) is 0 Å². The number of pyridine rings is 2. The quantitative estimate of drug-likeness (QED) is 0.129. The van der Waals surface area contributed by atoms with Crippen molar-refractivity contribution in [1.29, 1.82) is 0 Å². The van der Waals surface area contributed by atoms with Crippen molar-refractivity contribution in [2.24, 2.45) is 0 Å². The van der Waals surface area contributed by atoms with Crippen LogP contribution in [0.4, 0.5) is 0 Å². The monoisotopic (exact) mass is 773 g/mol. The van der Waals surface area contributed by atoms with E-state index >= 15 is 0 Å². The predicted molar refractivity (Wildman–Crippen MR) is 183 cm³/mol. The molecule has 7 rings (SSSR count). The number of nitrogens with zero attached hydrogens (tertiary/aromatic N) is 2. The van der Waals surface area contributed by atoms with Crippen molar-refractivity contribution in [2.75, 3.05) is 0 Å². The van der Waals surface area contributed by atoms with Gasteiger partial charge in [0.1, 0.15) is 5.58 Å². The fourth-order valence-electron chi connectivity index (χ4n) is 6.11. The largest absolute Gasteiger partial charge is 0.501 e. The Morgan fingerprint density at radius 3 is 2.32 bits per heavy atom. The number of fused-ring (bicyclic) bond motifs is 3. The number of furan rings is 1. The van der Waals surface area contributed by atoms with Crippen LogP contribution >= 0.6 is 0 Å². The van der Waals surface area contributed by atoms with Gasteiger partial charge in [-0.25, -0.2) is 0 Å². The number of benzene rings is 3. The Bertz CT molecular complexity index is 1830. The summed E-state index contributed by atoms with van der Waals surface area (Å²) in [5.41, 5.74) is 8.59. The van der Waals surface area contributed by atoms with E-state index in [0.717, 1.165) is 33.7 Å². The molecule has 1 radical (unpaired) electrons. The van der Waals surface area contributed by atoms with Gasteiger partial charge in [-0.1, -0.05) is 99.2 Å². The molecule has 0 unspecified atom stereocenters. The van der Waals surface area contributed by atoms with Gasteiger partial charge in [0.05, 0.1) is 5.58 Å². The first-order valence-corrected chi connectivity index (χ1v) is 19.1. The molecule has 0 N–H and O–H groups in total. The van der Waals surface area contributed by atoms with E-state index in [2.05, 4.69) is 99.1 Å². The van der Waals surface area contributed by atoms with Crippen molar-refractivity contribution in [3.63, 3.8) is 0 Å². The molecular formula is C39H40IrN2OSi-2. The van der Waals surface area contributed by atoms with Crippen LogP contribution in [0, 0.1) is 12.1 Å². The number of aromatic nitrogens is 2. The molecule has 0 spiro atoms. The number of hydrogen-bond donors (Lipinski definition) is 0. The van der Waals surface area contributed by atoms with E-state index < -0.39 is 8.07 Å². The number of para-hydroxylation sites is 1. The Morgan fingerprint density at radius 1 is 0.864 bits per heavy atom. The molecule has 0 bridgehead atoms. The Morgan fingerprint density at radius 2 is 1.64 bits per heavy atom. The van der Waals surface area contributed by atoms with Crippen LogP contribution in [0.1, 0.15) is 62.5 Å². The molecule has 3 heterocycles. The van der Waals surface area contributed by atoms with Crippen LogP contribution in [0.25, 0.3) is 44.5 Å². The molecule has 0 amide bonds. The molecule has 1 aliphatic rings. The molecule has 1 saturated carbocycles. The summed E-state index contributed by atoms with van der Waals surface area (Å²) in [7, 11) is -1.55. The topological polar surface area (TPSA) is 38.9 Å². The number of hydrogen-bond acceptors (Lipinski definition) is 3. The van der Waals surface area contributed by atoms with E-state index in [-0.39, 0.29) is 20.1 Å². The molecule has 5 heteroatoms. The van der Waals surface area contributed by atoms with Gasteiger partial charge in [0.15, 0.2) is 0 Å². The summed E-state index contributed by atoms with van der Waals surface area (Å²) >= 11 is 0. The Hall–Kier alpha value is -3.37. The second kappa shape index (κ2) is 13.7. The molecule has 227 valence electrons. The Balaban J connectivity index is 0.000000204. The maximum Gasteiger partial charge on any atom is 0.120 e. The average molecular weight is 773 g/mol. The van der Waals surface area contributed by atoms with Gasteiger partial charge < -0.3 is 14.4 Å². The van der Waals surface area contributed by atoms with E-state index in [1.807, 2.05) is 42.7 Å². The molecule has 3 aromatic heterocycles. The summed E-state index contributed by atoms with van der Waals surface area (Å²) in [5, 5.41) is 3.87. The summed E-state index contributed by atoms with van der Waals surface area (Å²) in [4.78, 5) is 9.15. The van der Waals surface area contributed by atoms with E-state index in [1.165, 1.54) is 52.8 Å². The third-order valence-electron chi connectivity index (χ3n) is 8.57. The van der Waals surface area contributed by atoms with Gasteiger partial charge >= 0.3 is 0 Å². The van der Waals surface area contributed by atoms with Crippen molar-refractivity contribution in [3.8, 4) is 22.5 Å². The SMILES string of the molecule is CC(C)c1ccc(-c2[c-]cccc2)nc1.C[Si](C)(C)c1c[c-]c(-c2cc(C3CCCC3)ccn2)c2oc3ccccc3c12.[Ir]. The summed E-state index contributed by atoms with van der Waals surface area (Å²) in [5.74, 6) is 1.21. The first kappa shape index (κ1) is 32.0. The van der Waals surface area contributed by atoms with Crippen LogP contribution in [-0.2, 0) is 20.1 Å². The zero-order valence-corrected chi connectivity index (χ0v) is 29.7. The molecule has 6 aromatic rings. The van der Waals surface area contributed by atoms with Gasteiger partial charge in [0, 0.05) is 46.0 Å². The van der Waals surface area contributed by atoms with Crippen molar-refractivity contribution in [1.82, 2.24) is 9.97 Å². The van der Waals surface area contributed by atoms with Gasteiger partial charge in [-0.3, -0.25) is 0 Å². The molecule has 0 saturated heterocycles. The van der Waals surface area contributed by atoms with Gasteiger partial charge in [0.25, 0.3) is 0 Å². The maximum atomic E-state index is 6.39. The fourth-order valence-corrected chi connectivity index (χ4v) is 7.61. The second-order valence-corrected chi connectivity index (χ2v) is 18.0. The summed E-state index contributed by atoms with van der Waals surface area (Å²) in [6, 6.07) is 33.9. The second-order valence-electron chi connectivity index (χ2n) is 13.0. The average Bonchev–Trinajstić information content (AvgIpc) is 3.70. The molecule has 0 aliphatic heterocycles. The summed E-state index contributed by atoms with van der Waals surface area (Å²) in [6.45, 7) is 11.5. The van der Waals surface area contributed by atoms with Gasteiger partial charge in [0.2, 0.25) is 0 Å². The Labute approximate surface area is 276 Å². The van der Waals surface area contributed by atoms with Crippen molar-refractivity contribution in [3.05, 3.63) is 115 Å². The van der Waals surface area contributed by atoms with Crippen LogP contribution in [0.3, 0.4) is 0 Å². The maximum absolute atomic E-state index is 6.39. The summed E-state index contributed by atoms with van der Waals surface area (Å²) in [6.07, 6.45) is 9.17. The van der Waals surface area contributed by atoms with Gasteiger partial charge in [-0.15, -0.1) is 53.2 Å². The Kier molecular flexibility index (Phi) is 9.99. The molecule has 3 aromatic carbocycles. The van der Waals surface area contributed by atoms with Crippen molar-refractivity contribution in [2.45, 2.75) is 71.0 Å². The third kappa shape index (κ3) is 6.81. The smallest absolute Gasteiger partial charge is 0.120 e. The minimum Gasteiger partial charge on any atom is -0.501 e. The molecule has 3 nitrogen and oxygen atoms in total. The van der Waals surface area contributed by atoms with Crippen molar-refractivity contribution < 1.29 is 24.5 Å². The fraction of sp³-hybridized carbons (Fsp3) is 0.282. The first-order chi connectivity index (χ1) is 20.8. The minimum absolute atomic E-state index is 0. The van der Waals surface area contributed by atoms with Crippen molar-refractivity contribution >= 4 is 35.2 Å². The zero-order valence-electron chi connectivity index (χ0n) is 26.3. The van der Waals surface area contributed by atoms with Crippen LogP contribution in [0.2, 0.25) is 19.6 Å². The van der Waals surface area contributed by atoms with E-state index in [0.29, 0.717) is 11.8 Å². The molecule has 1 aliphatic carbocycles.